The molecule has 2 aromatic carbocycles. The van der Waals surface area contributed by atoms with Gasteiger partial charge in [0.2, 0.25) is 5.91 Å². The van der Waals surface area contributed by atoms with E-state index in [0.29, 0.717) is 49.8 Å². The predicted molar refractivity (Wildman–Crippen MR) is 166 cm³/mol. The van der Waals surface area contributed by atoms with Crippen LogP contribution in [0.25, 0.3) is 0 Å². The first-order chi connectivity index (χ1) is 20.9. The minimum Gasteiger partial charge on any atom is -0.491 e. The molecule has 0 saturated heterocycles. The second kappa shape index (κ2) is 11.7. The molecule has 10 nitrogen and oxygen atoms in total. The van der Waals surface area contributed by atoms with Gasteiger partial charge >= 0.3 is 5.97 Å². The van der Waals surface area contributed by atoms with Crippen molar-refractivity contribution < 1.29 is 36.7 Å². The Bertz CT molecular complexity index is 1590. The zero-order chi connectivity index (χ0) is 32.9. The van der Waals surface area contributed by atoms with Crippen molar-refractivity contribution in [3.05, 3.63) is 53.3 Å². The number of halogens is 1. The third-order valence-corrected chi connectivity index (χ3v) is 10.8. The maximum atomic E-state index is 15.6. The van der Waals surface area contributed by atoms with Crippen LogP contribution in [-0.2, 0) is 30.7 Å². The second-order valence-corrected chi connectivity index (χ2v) is 16.0. The largest absolute Gasteiger partial charge is 0.491 e. The summed E-state index contributed by atoms with van der Waals surface area (Å²) < 4.78 is 53.7. The van der Waals surface area contributed by atoms with Crippen LogP contribution in [0.4, 0.5) is 10.1 Å². The van der Waals surface area contributed by atoms with Gasteiger partial charge < -0.3 is 25.4 Å². The molecule has 1 heterocycles. The summed E-state index contributed by atoms with van der Waals surface area (Å²) in [6.45, 7) is 9.17. The van der Waals surface area contributed by atoms with Crippen molar-refractivity contribution in [3.8, 4) is 5.75 Å². The van der Waals surface area contributed by atoms with E-state index in [9.17, 15) is 22.8 Å². The van der Waals surface area contributed by atoms with E-state index in [0.717, 1.165) is 12.1 Å². The molecule has 3 aliphatic carbocycles. The molecule has 244 valence electrons. The highest BCUT2D eigenvalue weighted by atomic mass is 32.2. The van der Waals surface area contributed by atoms with Gasteiger partial charge in [-0.25, -0.2) is 12.8 Å². The summed E-state index contributed by atoms with van der Waals surface area (Å²) in [4.78, 5) is 40.5. The molecule has 6 rings (SSSR count). The second-order valence-electron chi connectivity index (χ2n) is 14.0. The van der Waals surface area contributed by atoms with Gasteiger partial charge in [-0.2, -0.15) is 0 Å². The van der Waals surface area contributed by atoms with Gasteiger partial charge in [0.05, 0.1) is 46.0 Å². The first-order valence-electron chi connectivity index (χ1n) is 15.4. The van der Waals surface area contributed by atoms with Crippen molar-refractivity contribution in [3.63, 3.8) is 0 Å². The molecular weight excluding hydrogens is 601 g/mol. The highest BCUT2D eigenvalue weighted by molar-refractivity contribution is 7.91. The molecule has 3 saturated carbocycles. The Kier molecular flexibility index (Phi) is 8.54. The summed E-state index contributed by atoms with van der Waals surface area (Å²) in [5.41, 5.74) is 4.41. The molecule has 0 spiro atoms. The number of fused-ring (bicyclic) bond motifs is 4. The lowest BCUT2D eigenvalue weighted by Crippen LogP contribution is -2.60. The number of hydrogen-bond donors (Lipinski definition) is 2. The summed E-state index contributed by atoms with van der Waals surface area (Å²) in [6.07, 6.45) is 3.32. The van der Waals surface area contributed by atoms with Crippen molar-refractivity contribution in [2.24, 2.45) is 11.1 Å². The number of benzene rings is 2. The van der Waals surface area contributed by atoms with E-state index in [2.05, 4.69) is 5.32 Å². The Labute approximate surface area is 263 Å². The van der Waals surface area contributed by atoms with Crippen LogP contribution in [0.3, 0.4) is 0 Å². The van der Waals surface area contributed by atoms with E-state index in [1.165, 1.54) is 4.90 Å². The van der Waals surface area contributed by atoms with Gasteiger partial charge in [-0.05, 0) is 103 Å². The number of amides is 2. The normalized spacial score (nSPS) is 25.8. The van der Waals surface area contributed by atoms with Gasteiger partial charge in [0.1, 0.15) is 17.2 Å². The molecular formula is C33H42FN3O7S. The minimum absolute atomic E-state index is 0.0344. The number of anilines is 1. The van der Waals surface area contributed by atoms with Gasteiger partial charge in [-0.15, -0.1) is 0 Å². The number of rotatable bonds is 7. The monoisotopic (exact) mass is 643 g/mol. The smallest absolute Gasteiger partial charge is 0.311 e. The van der Waals surface area contributed by atoms with Crippen molar-refractivity contribution in [2.45, 2.75) is 108 Å². The Morgan fingerprint density at radius 2 is 1.67 bits per heavy atom. The lowest BCUT2D eigenvalue weighted by Gasteiger charge is -2.53. The number of sulfone groups is 1. The van der Waals surface area contributed by atoms with Crippen LogP contribution < -0.4 is 20.7 Å². The maximum Gasteiger partial charge on any atom is 0.311 e. The van der Waals surface area contributed by atoms with Gasteiger partial charge in [-0.3, -0.25) is 14.4 Å². The van der Waals surface area contributed by atoms with Crippen LogP contribution in [0.2, 0.25) is 0 Å². The molecule has 12 heteroatoms. The molecule has 2 aromatic rings. The lowest BCUT2D eigenvalue weighted by atomic mass is 9.63. The van der Waals surface area contributed by atoms with E-state index < -0.39 is 60.7 Å². The highest BCUT2D eigenvalue weighted by Crippen LogP contribution is 2.49. The average molecular weight is 644 g/mol. The Morgan fingerprint density at radius 1 is 1.07 bits per heavy atom. The van der Waals surface area contributed by atoms with Crippen molar-refractivity contribution >= 4 is 33.3 Å². The Hall–Kier alpha value is -3.51. The molecule has 0 unspecified atom stereocenters. The summed E-state index contributed by atoms with van der Waals surface area (Å²) in [6, 6.07) is 7.56. The SMILES string of the molecule is CC(C)Oc1ccc(CN2C(=O)[C@@H](N)CS(=O)(=O)c3cc(F)c(C(=O)NC45CCC(OC(=O)C(C)(C)C)(CC4)CC5)cc32)cc1. The molecule has 3 N–H and O–H groups in total. The lowest BCUT2D eigenvalue weighted by molar-refractivity contribution is -0.182. The number of nitrogens with one attached hydrogen (secondary N) is 1. The average Bonchev–Trinajstić information content (AvgIpc) is 3.02. The summed E-state index contributed by atoms with van der Waals surface area (Å²) in [5, 5.41) is 3.02. The predicted octanol–water partition coefficient (Wildman–Crippen LogP) is 4.43. The molecule has 3 fully saturated rings. The minimum atomic E-state index is -4.16. The maximum absolute atomic E-state index is 15.6. The molecule has 1 aliphatic heterocycles. The van der Waals surface area contributed by atoms with E-state index in [-0.39, 0.29) is 29.9 Å². The van der Waals surface area contributed by atoms with Crippen LogP contribution in [0.5, 0.6) is 5.75 Å². The third kappa shape index (κ3) is 6.72. The van der Waals surface area contributed by atoms with E-state index >= 15 is 4.39 Å². The number of nitrogens with two attached hydrogens (primary N) is 1. The molecule has 0 aromatic heterocycles. The van der Waals surface area contributed by atoms with E-state index in [4.69, 9.17) is 15.2 Å². The Morgan fingerprint density at radius 3 is 2.22 bits per heavy atom. The third-order valence-electron chi connectivity index (χ3n) is 9.01. The van der Waals surface area contributed by atoms with Gasteiger partial charge in [0.15, 0.2) is 9.84 Å². The Balaban J connectivity index is 1.42. The first kappa shape index (κ1) is 32.9. The van der Waals surface area contributed by atoms with E-state index in [1.54, 1.807) is 24.3 Å². The fraction of sp³-hybridized carbons (Fsp3) is 0.545. The van der Waals surface area contributed by atoms with Gasteiger partial charge in [0.25, 0.3) is 5.91 Å². The summed E-state index contributed by atoms with van der Waals surface area (Å²) in [5.74, 6) is -2.69. The van der Waals surface area contributed by atoms with Crippen LogP contribution in [0.1, 0.15) is 89.1 Å². The van der Waals surface area contributed by atoms with Gasteiger partial charge in [0, 0.05) is 5.54 Å². The fourth-order valence-electron chi connectivity index (χ4n) is 6.33. The molecule has 45 heavy (non-hydrogen) atoms. The summed E-state index contributed by atoms with van der Waals surface area (Å²) in [7, 11) is -4.16. The van der Waals surface area contributed by atoms with Gasteiger partial charge in [-0.1, -0.05) is 12.1 Å². The van der Waals surface area contributed by atoms with Crippen LogP contribution in [0, 0.1) is 11.2 Å². The zero-order valence-electron chi connectivity index (χ0n) is 26.4. The molecule has 1 atom stereocenters. The topological polar surface area (TPSA) is 145 Å². The number of carbonyl (C=O) groups is 3. The van der Waals surface area contributed by atoms with Crippen LogP contribution in [0.15, 0.2) is 41.3 Å². The number of ether oxygens (including phenoxy) is 2. The number of carbonyl (C=O) groups excluding carboxylic acids is 3. The van der Waals surface area contributed by atoms with Crippen LogP contribution in [-0.4, -0.2) is 55.2 Å². The number of esters is 1. The molecule has 4 aliphatic rings. The van der Waals surface area contributed by atoms with Crippen molar-refractivity contribution in [1.29, 1.82) is 0 Å². The van der Waals surface area contributed by atoms with E-state index in [1.807, 2.05) is 34.6 Å². The number of hydrogen-bond acceptors (Lipinski definition) is 8. The van der Waals surface area contributed by atoms with Crippen LogP contribution >= 0.6 is 0 Å². The van der Waals surface area contributed by atoms with Crippen molar-refractivity contribution in [1.82, 2.24) is 5.32 Å². The molecule has 2 amide bonds. The van der Waals surface area contributed by atoms with Crippen molar-refractivity contribution in [2.75, 3.05) is 10.7 Å². The molecule has 2 bridgehead atoms. The quantitative estimate of drug-likeness (QED) is 0.422. The first-order valence-corrected chi connectivity index (χ1v) is 17.0. The highest BCUT2D eigenvalue weighted by Gasteiger charge is 2.52. The number of nitrogens with zero attached hydrogens (tertiary/aromatic N) is 1. The molecule has 0 radical (unpaired) electrons. The standard InChI is InChI=1S/C33H42FN3O7S/c1-20(2)43-22-8-6-21(7-9-22)18-37-26-16-23(24(34)17-27(26)45(41,42)19-25(35)29(37)39)28(38)36-32-10-13-33(14-11-32,15-12-32)44-30(40)31(3,4)5/h6-9,16-17,20,25H,10-15,18-19,35H2,1-5H3,(H,36,38)/t25-,32?,33?/m0/s1. The fourth-order valence-corrected chi connectivity index (χ4v) is 7.90. The summed E-state index contributed by atoms with van der Waals surface area (Å²) >= 11 is 0. The zero-order valence-corrected chi connectivity index (χ0v) is 27.3.